The van der Waals surface area contributed by atoms with Crippen LogP contribution in [0, 0.1) is 0 Å². The third kappa shape index (κ3) is 8.30. The molecule has 0 aliphatic carbocycles. The second-order valence-electron chi connectivity index (χ2n) is 11.9. The van der Waals surface area contributed by atoms with Crippen molar-refractivity contribution in [3.63, 3.8) is 0 Å². The van der Waals surface area contributed by atoms with E-state index in [1.807, 2.05) is 72.8 Å². The average Bonchev–Trinajstić information content (AvgIpc) is 3.76. The Morgan fingerprint density at radius 3 is 1.35 bits per heavy atom. The van der Waals surface area contributed by atoms with E-state index < -0.39 is 11.9 Å². The van der Waals surface area contributed by atoms with E-state index in [2.05, 4.69) is 20.4 Å². The molecule has 0 fully saturated rings. The number of ether oxygens (including phenoxy) is 2. The summed E-state index contributed by atoms with van der Waals surface area (Å²) in [6, 6.07) is 22.3. The second kappa shape index (κ2) is 15.9. The fourth-order valence-electron chi connectivity index (χ4n) is 5.75. The number of hydrogen-bond acceptors (Lipinski definition) is 10. The van der Waals surface area contributed by atoms with Crippen LogP contribution in [0.3, 0.4) is 0 Å². The van der Waals surface area contributed by atoms with Crippen LogP contribution in [-0.4, -0.2) is 65.4 Å². The minimum absolute atomic E-state index is 0.0382. The average molecular weight is 687 g/mol. The molecule has 260 valence electrons. The summed E-state index contributed by atoms with van der Waals surface area (Å²) in [6.07, 6.45) is 8.31. The molecule has 0 unspecified atom stereocenters. The van der Waals surface area contributed by atoms with Crippen LogP contribution < -0.4 is 0 Å². The number of aromatic hydroxyl groups is 2. The lowest BCUT2D eigenvalue weighted by Gasteiger charge is -2.16. The number of phenolic OH excluding ortho intramolecular Hbond substituents is 2. The Balaban J connectivity index is 1.37. The van der Waals surface area contributed by atoms with E-state index in [-0.39, 0.29) is 31.1 Å². The first-order valence-electron chi connectivity index (χ1n) is 16.8. The molecule has 2 N–H and O–H groups in total. The highest BCUT2D eigenvalue weighted by atomic mass is 16.5. The van der Waals surface area contributed by atoms with E-state index in [0.29, 0.717) is 70.3 Å². The van der Waals surface area contributed by atoms with Gasteiger partial charge in [0.25, 0.3) is 0 Å². The monoisotopic (exact) mass is 686 g/mol. The summed E-state index contributed by atoms with van der Waals surface area (Å²) in [5, 5.41) is 41.9. The molecular formula is C39H38N6O6. The van der Waals surface area contributed by atoms with Crippen LogP contribution in [0.5, 0.6) is 11.5 Å². The normalized spacial score (nSPS) is 11.6. The van der Waals surface area contributed by atoms with Gasteiger partial charge >= 0.3 is 11.9 Å². The van der Waals surface area contributed by atoms with Gasteiger partial charge in [-0.05, 0) is 87.1 Å². The third-order valence-corrected chi connectivity index (χ3v) is 8.16. The van der Waals surface area contributed by atoms with Crippen LogP contribution in [0.2, 0.25) is 0 Å². The Morgan fingerprint density at radius 2 is 1.00 bits per heavy atom. The molecule has 6 rings (SSSR count). The highest BCUT2D eigenvalue weighted by molar-refractivity contribution is 5.82. The Hall–Kier alpha value is -6.30. The Kier molecular flexibility index (Phi) is 10.8. The summed E-state index contributed by atoms with van der Waals surface area (Å²) in [6.45, 7) is 3.95. The lowest BCUT2D eigenvalue weighted by molar-refractivity contribution is -0.138. The fraction of sp³-hybridized carbons (Fsp3) is 0.231. The van der Waals surface area contributed by atoms with Gasteiger partial charge in [0, 0.05) is 29.7 Å². The molecule has 0 atom stereocenters. The molecular weight excluding hydrogens is 648 g/mol. The highest BCUT2D eigenvalue weighted by Gasteiger charge is 2.20. The maximum Gasteiger partial charge on any atom is 0.330 e. The Morgan fingerprint density at radius 1 is 0.627 bits per heavy atom. The van der Waals surface area contributed by atoms with E-state index in [1.54, 1.807) is 26.0 Å². The molecule has 0 saturated heterocycles. The molecule has 6 aromatic rings. The van der Waals surface area contributed by atoms with E-state index in [1.165, 1.54) is 21.7 Å². The number of nitrogens with zero attached hydrogens (tertiary/aromatic N) is 6. The van der Waals surface area contributed by atoms with Crippen LogP contribution in [0.15, 0.2) is 97.1 Å². The number of phenols is 2. The molecule has 2 aromatic heterocycles. The predicted molar refractivity (Wildman–Crippen MR) is 192 cm³/mol. The summed E-state index contributed by atoms with van der Waals surface area (Å²) in [7, 11) is 0. The van der Waals surface area contributed by atoms with Gasteiger partial charge in [-0.25, -0.2) is 9.59 Å². The van der Waals surface area contributed by atoms with Crippen LogP contribution in [0.25, 0.3) is 33.4 Å². The highest BCUT2D eigenvalue weighted by Crippen LogP contribution is 2.35. The summed E-state index contributed by atoms with van der Waals surface area (Å²) in [5.41, 5.74) is 6.23. The van der Waals surface area contributed by atoms with Crippen molar-refractivity contribution in [2.75, 3.05) is 13.2 Å². The van der Waals surface area contributed by atoms with Crippen LogP contribution >= 0.6 is 0 Å². The predicted octanol–water partition coefficient (Wildman–Crippen LogP) is 6.26. The lowest BCUT2D eigenvalue weighted by Crippen LogP contribution is -2.07. The zero-order chi connectivity index (χ0) is 35.7. The smallest absolute Gasteiger partial charge is 0.330 e. The van der Waals surface area contributed by atoms with Gasteiger partial charge in [0.2, 0.25) is 0 Å². The Labute approximate surface area is 294 Å². The van der Waals surface area contributed by atoms with Crippen molar-refractivity contribution >= 4 is 34.0 Å². The first-order chi connectivity index (χ1) is 24.8. The number of carbonyl (C=O) groups excluding carboxylic acids is 2. The van der Waals surface area contributed by atoms with Crippen LogP contribution in [0.4, 0.5) is 0 Å². The van der Waals surface area contributed by atoms with Crippen molar-refractivity contribution in [1.29, 1.82) is 0 Å². The minimum atomic E-state index is -0.404. The third-order valence-electron chi connectivity index (χ3n) is 8.16. The standard InChI is InChI=1S/C39H38N6O6/c1-3-11-36(46)50-19-9-13-26-21-28(38(48)34(23-26)44-40-30-15-5-6-16-31(30)41-44)25-29-22-27(14-10-20-51-37(47)12-4-2)24-35(39(29)49)45-42-32-17-7-8-18-33(32)43-45/h3-8,11-12,15-18,21-24,48-49H,9-10,13-14,19-20,25H2,1-2H3. The van der Waals surface area contributed by atoms with Crippen molar-refractivity contribution in [1.82, 2.24) is 30.0 Å². The summed E-state index contributed by atoms with van der Waals surface area (Å²) < 4.78 is 10.6. The lowest BCUT2D eigenvalue weighted by atomic mass is 9.95. The van der Waals surface area contributed by atoms with Gasteiger partial charge in [-0.3, -0.25) is 0 Å². The second-order valence-corrected chi connectivity index (χ2v) is 11.9. The number of esters is 2. The van der Waals surface area contributed by atoms with Crippen molar-refractivity contribution in [3.8, 4) is 22.9 Å². The molecule has 0 amide bonds. The molecule has 12 nitrogen and oxygen atoms in total. The molecule has 12 heteroatoms. The number of fused-ring (bicyclic) bond motifs is 2. The van der Waals surface area contributed by atoms with Gasteiger partial charge in [-0.15, -0.1) is 30.0 Å². The van der Waals surface area contributed by atoms with Crippen molar-refractivity contribution in [3.05, 3.63) is 119 Å². The molecule has 4 aromatic carbocycles. The molecule has 0 radical (unpaired) electrons. The van der Waals surface area contributed by atoms with Crippen molar-refractivity contribution < 1.29 is 29.3 Å². The Bertz CT molecular complexity index is 2030. The van der Waals surface area contributed by atoms with E-state index in [0.717, 1.165) is 11.1 Å². The van der Waals surface area contributed by atoms with Gasteiger partial charge in [0.05, 0.1) is 13.2 Å². The van der Waals surface area contributed by atoms with Gasteiger partial charge in [0.15, 0.2) is 0 Å². The van der Waals surface area contributed by atoms with Gasteiger partial charge in [0.1, 0.15) is 44.9 Å². The maximum absolute atomic E-state index is 11.8. The minimum Gasteiger partial charge on any atom is -0.505 e. The maximum atomic E-state index is 11.8. The number of allylic oxidation sites excluding steroid dienone is 2. The first kappa shape index (κ1) is 34.6. The quantitative estimate of drug-likeness (QED) is 0.0762. The topological polar surface area (TPSA) is 154 Å². The van der Waals surface area contributed by atoms with Crippen LogP contribution in [0.1, 0.15) is 48.9 Å². The van der Waals surface area contributed by atoms with Gasteiger partial charge in [-0.2, -0.15) is 0 Å². The van der Waals surface area contributed by atoms with E-state index in [4.69, 9.17) is 9.47 Å². The SMILES string of the molecule is CC=CC(=O)OCCCc1cc(Cc2cc(CCCOC(=O)C=CC)cc(-n3nc4ccccc4n3)c2O)c(O)c(-n2nc3ccccc3n2)c1. The van der Waals surface area contributed by atoms with E-state index in [9.17, 15) is 19.8 Å². The fourth-order valence-corrected chi connectivity index (χ4v) is 5.75. The number of aryl methyl sites for hydroxylation is 2. The first-order valence-corrected chi connectivity index (χ1v) is 16.8. The van der Waals surface area contributed by atoms with Gasteiger partial charge < -0.3 is 19.7 Å². The summed E-state index contributed by atoms with van der Waals surface area (Å²) >= 11 is 0. The number of rotatable bonds is 14. The van der Waals surface area contributed by atoms with Gasteiger partial charge in [-0.1, -0.05) is 48.6 Å². The van der Waals surface area contributed by atoms with Crippen LogP contribution in [-0.2, 0) is 38.3 Å². The molecule has 51 heavy (non-hydrogen) atoms. The summed E-state index contributed by atoms with van der Waals surface area (Å²) in [4.78, 5) is 26.5. The van der Waals surface area contributed by atoms with E-state index >= 15 is 0 Å². The molecule has 0 spiro atoms. The van der Waals surface area contributed by atoms with Crippen molar-refractivity contribution in [2.24, 2.45) is 0 Å². The molecule has 2 heterocycles. The summed E-state index contributed by atoms with van der Waals surface area (Å²) in [5.74, 6) is -0.884. The number of carbonyl (C=O) groups is 2. The molecule has 0 aliphatic rings. The largest absolute Gasteiger partial charge is 0.505 e. The number of aromatic nitrogens is 6. The zero-order valence-corrected chi connectivity index (χ0v) is 28.4. The van der Waals surface area contributed by atoms with Crippen molar-refractivity contribution in [2.45, 2.75) is 46.0 Å². The number of hydrogen-bond donors (Lipinski definition) is 2. The number of benzene rings is 4. The molecule has 0 bridgehead atoms. The zero-order valence-electron chi connectivity index (χ0n) is 28.4. The molecule has 0 aliphatic heterocycles. The molecule has 0 saturated carbocycles.